The van der Waals surface area contributed by atoms with E-state index >= 15 is 0 Å². The molecule has 0 fully saturated rings. The van der Waals surface area contributed by atoms with E-state index in [0.29, 0.717) is 31.5 Å². The summed E-state index contributed by atoms with van der Waals surface area (Å²) in [5, 5.41) is 6.34. The maximum Gasteiger partial charge on any atom is 0.164 e. The van der Waals surface area contributed by atoms with Gasteiger partial charge in [0.1, 0.15) is 12.0 Å². The van der Waals surface area contributed by atoms with Gasteiger partial charge in [-0.05, 0) is 23.7 Å². The van der Waals surface area contributed by atoms with E-state index < -0.39 is 0 Å². The Kier molecular flexibility index (Phi) is 5.13. The molecule has 3 rings (SSSR count). The van der Waals surface area contributed by atoms with Gasteiger partial charge in [-0.15, -0.1) is 0 Å². The lowest BCUT2D eigenvalue weighted by Gasteiger charge is -2.09. The van der Waals surface area contributed by atoms with E-state index in [0.717, 1.165) is 5.56 Å². The van der Waals surface area contributed by atoms with Crippen LogP contribution in [-0.4, -0.2) is 15.1 Å². The first-order valence-electron chi connectivity index (χ1n) is 6.46. The number of hydrogen-bond donors (Lipinski definition) is 1. The second kappa shape index (κ2) is 7.27. The van der Waals surface area contributed by atoms with Crippen LogP contribution in [0.1, 0.15) is 10.6 Å². The number of nitrogens with one attached hydrogen (secondary N) is 1. The molecular formula is C15H9Cl3N4S. The van der Waals surface area contributed by atoms with Gasteiger partial charge in [0.25, 0.3) is 0 Å². The number of aromatic nitrogens is 2. The Morgan fingerprint density at radius 1 is 1.04 bits per heavy atom. The van der Waals surface area contributed by atoms with E-state index in [-0.39, 0.29) is 0 Å². The molecule has 3 aromatic rings. The van der Waals surface area contributed by atoms with Crippen molar-refractivity contribution in [2.24, 2.45) is 5.10 Å². The van der Waals surface area contributed by atoms with Crippen molar-refractivity contribution in [2.75, 3.05) is 5.43 Å². The zero-order chi connectivity index (χ0) is 16.2. The highest BCUT2D eigenvalue weighted by Crippen LogP contribution is 2.33. The second-order valence-corrected chi connectivity index (χ2v) is 6.46. The molecule has 0 saturated carbocycles. The van der Waals surface area contributed by atoms with Crippen LogP contribution in [0.15, 0.2) is 53.9 Å². The van der Waals surface area contributed by atoms with Gasteiger partial charge < -0.3 is 0 Å². The summed E-state index contributed by atoms with van der Waals surface area (Å²) in [4.78, 5) is 4.21. The molecule has 116 valence electrons. The standard InChI is InChI=1S/C15H9Cl3N4S/c16-10-6-11(17)14(12(18)7-10)22-21-13(15-19-8-20-23-15)9-4-2-1-3-5-9/h1-8,22H. The first kappa shape index (κ1) is 16.2. The lowest BCUT2D eigenvalue weighted by molar-refractivity contribution is 1.28. The normalized spacial score (nSPS) is 11.5. The molecule has 0 aliphatic heterocycles. The summed E-state index contributed by atoms with van der Waals surface area (Å²) in [5.74, 6) is 0. The predicted octanol–water partition coefficient (Wildman–Crippen LogP) is 5.36. The van der Waals surface area contributed by atoms with Gasteiger partial charge in [0.05, 0.1) is 15.7 Å². The minimum absolute atomic E-state index is 0.385. The van der Waals surface area contributed by atoms with Crippen LogP contribution in [0.5, 0.6) is 0 Å². The van der Waals surface area contributed by atoms with E-state index in [1.54, 1.807) is 12.1 Å². The van der Waals surface area contributed by atoms with E-state index in [4.69, 9.17) is 34.8 Å². The summed E-state index contributed by atoms with van der Waals surface area (Å²) in [6.45, 7) is 0. The third-order valence-corrected chi connectivity index (χ3v) is 4.38. The Bertz CT molecular complexity index is 812. The first-order valence-corrected chi connectivity index (χ1v) is 8.36. The third kappa shape index (κ3) is 3.82. The molecule has 0 atom stereocenters. The van der Waals surface area contributed by atoms with Crippen LogP contribution in [0.4, 0.5) is 5.69 Å². The zero-order valence-electron chi connectivity index (χ0n) is 11.5. The van der Waals surface area contributed by atoms with Gasteiger partial charge in [-0.25, -0.2) is 4.98 Å². The number of halogens is 3. The predicted molar refractivity (Wildman–Crippen MR) is 97.1 cm³/mol. The summed E-state index contributed by atoms with van der Waals surface area (Å²) in [7, 11) is 0. The zero-order valence-corrected chi connectivity index (χ0v) is 14.6. The largest absolute Gasteiger partial charge is 0.275 e. The molecule has 0 unspecified atom stereocenters. The number of anilines is 1. The topological polar surface area (TPSA) is 50.2 Å². The van der Waals surface area contributed by atoms with E-state index in [1.165, 1.54) is 17.9 Å². The van der Waals surface area contributed by atoms with Crippen LogP contribution in [0, 0.1) is 0 Å². The lowest BCUT2D eigenvalue weighted by Crippen LogP contribution is -2.06. The summed E-state index contributed by atoms with van der Waals surface area (Å²) in [5.41, 5.74) is 4.93. The lowest BCUT2D eigenvalue weighted by atomic mass is 10.1. The molecule has 1 N–H and O–H groups in total. The summed E-state index contributed by atoms with van der Waals surface area (Å²) in [6.07, 6.45) is 1.49. The minimum atomic E-state index is 0.385. The molecule has 2 aromatic carbocycles. The van der Waals surface area contributed by atoms with E-state index in [9.17, 15) is 0 Å². The number of nitrogens with zero attached hydrogens (tertiary/aromatic N) is 3. The van der Waals surface area contributed by atoms with E-state index in [1.807, 2.05) is 30.3 Å². The van der Waals surface area contributed by atoms with Crippen molar-refractivity contribution in [1.29, 1.82) is 0 Å². The average molecular weight is 384 g/mol. The van der Waals surface area contributed by atoms with Gasteiger partial charge in [-0.2, -0.15) is 9.47 Å². The Hall–Kier alpha value is -1.66. The van der Waals surface area contributed by atoms with Crippen LogP contribution < -0.4 is 5.43 Å². The maximum absolute atomic E-state index is 6.16. The van der Waals surface area contributed by atoms with Crippen LogP contribution in [0.25, 0.3) is 0 Å². The molecule has 1 heterocycles. The van der Waals surface area contributed by atoms with Crippen molar-refractivity contribution >= 4 is 57.7 Å². The summed E-state index contributed by atoms with van der Waals surface area (Å²) < 4.78 is 4.02. The number of hydrazone groups is 1. The number of hydrogen-bond acceptors (Lipinski definition) is 5. The molecule has 0 radical (unpaired) electrons. The van der Waals surface area contributed by atoms with Crippen molar-refractivity contribution in [3.05, 3.63) is 74.4 Å². The quantitative estimate of drug-likeness (QED) is 0.487. The Morgan fingerprint density at radius 3 is 2.35 bits per heavy atom. The molecule has 0 aliphatic rings. The second-order valence-electron chi connectivity index (χ2n) is 4.43. The fraction of sp³-hybridized carbons (Fsp3) is 0. The first-order chi connectivity index (χ1) is 11.1. The van der Waals surface area contributed by atoms with Crippen LogP contribution >= 0.6 is 46.3 Å². The maximum atomic E-state index is 6.16. The fourth-order valence-electron chi connectivity index (χ4n) is 1.87. The highest BCUT2D eigenvalue weighted by atomic mass is 35.5. The van der Waals surface area contributed by atoms with E-state index in [2.05, 4.69) is 19.9 Å². The van der Waals surface area contributed by atoms with Gasteiger partial charge in [0.2, 0.25) is 0 Å². The highest BCUT2D eigenvalue weighted by molar-refractivity contribution is 7.07. The van der Waals surface area contributed by atoms with Crippen molar-refractivity contribution < 1.29 is 0 Å². The number of rotatable bonds is 4. The molecule has 4 nitrogen and oxygen atoms in total. The summed E-state index contributed by atoms with van der Waals surface area (Å²) in [6, 6.07) is 12.9. The van der Waals surface area contributed by atoms with Crippen molar-refractivity contribution in [1.82, 2.24) is 9.36 Å². The summed E-state index contributed by atoms with van der Waals surface area (Å²) >= 11 is 19.5. The van der Waals surface area contributed by atoms with Gasteiger partial charge >= 0.3 is 0 Å². The molecule has 0 saturated heterocycles. The van der Waals surface area contributed by atoms with Crippen LogP contribution in [-0.2, 0) is 0 Å². The molecule has 0 aliphatic carbocycles. The van der Waals surface area contributed by atoms with Gasteiger partial charge in [0, 0.05) is 10.6 Å². The van der Waals surface area contributed by atoms with Crippen LogP contribution in [0.3, 0.4) is 0 Å². The van der Waals surface area contributed by atoms with Crippen molar-refractivity contribution in [3.63, 3.8) is 0 Å². The fourth-order valence-corrected chi connectivity index (χ4v) is 3.31. The Morgan fingerprint density at radius 2 is 1.74 bits per heavy atom. The Balaban J connectivity index is 2.00. The van der Waals surface area contributed by atoms with Crippen molar-refractivity contribution in [2.45, 2.75) is 0 Å². The molecule has 8 heteroatoms. The van der Waals surface area contributed by atoms with Crippen molar-refractivity contribution in [3.8, 4) is 0 Å². The van der Waals surface area contributed by atoms with Gasteiger partial charge in [-0.1, -0.05) is 65.1 Å². The van der Waals surface area contributed by atoms with Gasteiger partial charge in [-0.3, -0.25) is 5.43 Å². The van der Waals surface area contributed by atoms with Gasteiger partial charge in [0.15, 0.2) is 5.01 Å². The monoisotopic (exact) mass is 382 g/mol. The minimum Gasteiger partial charge on any atom is -0.275 e. The molecule has 0 amide bonds. The molecular weight excluding hydrogens is 375 g/mol. The molecule has 0 bridgehead atoms. The third-order valence-electron chi connectivity index (χ3n) is 2.90. The van der Waals surface area contributed by atoms with Crippen LogP contribution in [0.2, 0.25) is 15.1 Å². The number of benzene rings is 2. The highest BCUT2D eigenvalue weighted by Gasteiger charge is 2.12. The average Bonchev–Trinajstić information content (AvgIpc) is 3.05. The molecule has 23 heavy (non-hydrogen) atoms. The Labute approximate surface area is 151 Å². The molecule has 1 aromatic heterocycles. The SMILES string of the molecule is Clc1cc(Cl)c(NN=C(c2ccccc2)c2ncns2)c(Cl)c1. The molecule has 0 spiro atoms. The smallest absolute Gasteiger partial charge is 0.164 e.